The number of thiazole rings is 1. The van der Waals surface area contributed by atoms with Crippen molar-refractivity contribution in [2.45, 2.75) is 13.8 Å². The van der Waals surface area contributed by atoms with Crippen LogP contribution in [0.1, 0.15) is 21.5 Å². The number of rotatable bonds is 2. The number of carbonyl (C=O) groups is 1. The second kappa shape index (κ2) is 6.14. The van der Waals surface area contributed by atoms with Gasteiger partial charge in [-0.2, -0.15) is 0 Å². The molecule has 1 amide bonds. The molecule has 1 heterocycles. The van der Waals surface area contributed by atoms with Gasteiger partial charge in [0.25, 0.3) is 5.91 Å². The molecule has 0 saturated heterocycles. The number of fused-ring (bicyclic) bond motifs is 1. The summed E-state index contributed by atoms with van der Waals surface area (Å²) >= 11 is 9.73. The van der Waals surface area contributed by atoms with Gasteiger partial charge in [0.1, 0.15) is 0 Å². The van der Waals surface area contributed by atoms with E-state index in [1.807, 2.05) is 13.0 Å². The zero-order chi connectivity index (χ0) is 15.9. The fourth-order valence-corrected chi connectivity index (χ4v) is 3.99. The quantitative estimate of drug-likeness (QED) is 0.538. The molecule has 1 N–H and O–H groups in total. The Morgan fingerprint density at radius 2 is 2.05 bits per heavy atom. The van der Waals surface area contributed by atoms with Crippen LogP contribution in [0.25, 0.3) is 10.2 Å². The maximum Gasteiger partial charge on any atom is 0.258 e. The molecule has 0 aliphatic heterocycles. The van der Waals surface area contributed by atoms with E-state index < -0.39 is 0 Å². The Bertz CT molecular complexity index is 891. The summed E-state index contributed by atoms with van der Waals surface area (Å²) in [6, 6.07) is 9.52. The maximum atomic E-state index is 12.4. The second-order valence-electron chi connectivity index (χ2n) is 5.03. The zero-order valence-corrected chi connectivity index (χ0v) is 15.6. The number of aromatic nitrogens is 1. The van der Waals surface area contributed by atoms with Crippen molar-refractivity contribution in [2.24, 2.45) is 0 Å². The van der Waals surface area contributed by atoms with Crippen LogP contribution in [0.3, 0.4) is 0 Å². The van der Waals surface area contributed by atoms with E-state index in [4.69, 9.17) is 11.6 Å². The molecule has 0 aliphatic rings. The highest BCUT2D eigenvalue weighted by atomic mass is 127. The molecule has 0 atom stereocenters. The average Bonchev–Trinajstić information content (AvgIpc) is 2.84. The van der Waals surface area contributed by atoms with Gasteiger partial charge in [-0.15, -0.1) is 0 Å². The summed E-state index contributed by atoms with van der Waals surface area (Å²) in [5.41, 5.74) is 3.69. The summed E-state index contributed by atoms with van der Waals surface area (Å²) in [4.78, 5) is 16.9. The number of nitrogens with zero attached hydrogens (tertiary/aromatic N) is 1. The Hall–Kier alpha value is -1.18. The standard InChI is InChI=1S/C16H12ClIN2OS/c1-8-5-9(2)14-13(6-8)22-16(19-14)20-15(21)11-7-10(18)3-4-12(11)17/h3-7H,1-2H3,(H,19,20,21). The normalized spacial score (nSPS) is 10.9. The van der Waals surface area contributed by atoms with Gasteiger partial charge in [0.15, 0.2) is 5.13 Å². The van der Waals surface area contributed by atoms with Gasteiger partial charge in [-0.1, -0.05) is 29.0 Å². The van der Waals surface area contributed by atoms with E-state index in [2.05, 4.69) is 51.9 Å². The third-order valence-corrected chi connectivity index (χ3v) is 5.14. The van der Waals surface area contributed by atoms with Crippen molar-refractivity contribution in [1.29, 1.82) is 0 Å². The maximum absolute atomic E-state index is 12.4. The van der Waals surface area contributed by atoms with Crippen LogP contribution in [0.15, 0.2) is 30.3 Å². The molecule has 0 fully saturated rings. The highest BCUT2D eigenvalue weighted by Gasteiger charge is 2.14. The molecule has 3 rings (SSSR count). The average molecular weight is 443 g/mol. The van der Waals surface area contributed by atoms with Gasteiger partial charge in [0.05, 0.1) is 20.8 Å². The van der Waals surface area contributed by atoms with Gasteiger partial charge in [-0.05, 0) is 71.8 Å². The Balaban J connectivity index is 1.94. The topological polar surface area (TPSA) is 42.0 Å². The first-order chi connectivity index (χ1) is 10.4. The summed E-state index contributed by atoms with van der Waals surface area (Å²) in [5, 5.41) is 3.87. The van der Waals surface area contributed by atoms with Gasteiger partial charge < -0.3 is 0 Å². The number of amides is 1. The van der Waals surface area contributed by atoms with Crippen molar-refractivity contribution in [3.8, 4) is 0 Å². The first-order valence-corrected chi connectivity index (χ1v) is 8.85. The fourth-order valence-electron chi connectivity index (χ4n) is 2.26. The van der Waals surface area contributed by atoms with Crippen molar-refractivity contribution in [3.63, 3.8) is 0 Å². The highest BCUT2D eigenvalue weighted by molar-refractivity contribution is 14.1. The number of hydrogen-bond donors (Lipinski definition) is 1. The van der Waals surface area contributed by atoms with Crippen LogP contribution in [0.2, 0.25) is 5.02 Å². The number of carbonyl (C=O) groups excluding carboxylic acids is 1. The molecule has 0 radical (unpaired) electrons. The molecule has 1 aromatic heterocycles. The van der Waals surface area contributed by atoms with Crippen LogP contribution in [-0.2, 0) is 0 Å². The minimum atomic E-state index is -0.239. The summed E-state index contributed by atoms with van der Waals surface area (Å²) in [6.45, 7) is 4.08. The fraction of sp³-hybridized carbons (Fsp3) is 0.125. The van der Waals surface area contributed by atoms with Crippen LogP contribution in [-0.4, -0.2) is 10.9 Å². The first kappa shape index (κ1) is 15.7. The minimum Gasteiger partial charge on any atom is -0.298 e. The van der Waals surface area contributed by atoms with E-state index in [1.54, 1.807) is 12.1 Å². The summed E-state index contributed by atoms with van der Waals surface area (Å²) in [7, 11) is 0. The molecule has 3 aromatic rings. The Morgan fingerprint density at radius 1 is 1.27 bits per heavy atom. The minimum absolute atomic E-state index is 0.239. The van der Waals surface area contributed by atoms with E-state index in [1.165, 1.54) is 16.9 Å². The number of aryl methyl sites for hydroxylation is 2. The van der Waals surface area contributed by atoms with Crippen molar-refractivity contribution in [1.82, 2.24) is 4.98 Å². The molecule has 22 heavy (non-hydrogen) atoms. The lowest BCUT2D eigenvalue weighted by atomic mass is 10.1. The summed E-state index contributed by atoms with van der Waals surface area (Å²) in [6.07, 6.45) is 0. The molecule has 0 unspecified atom stereocenters. The van der Waals surface area contributed by atoms with Gasteiger partial charge in [0.2, 0.25) is 0 Å². The van der Waals surface area contributed by atoms with Crippen molar-refractivity contribution in [2.75, 3.05) is 5.32 Å². The van der Waals surface area contributed by atoms with Crippen LogP contribution < -0.4 is 5.32 Å². The molecular formula is C16H12ClIN2OS. The van der Waals surface area contributed by atoms with E-state index in [-0.39, 0.29) is 5.91 Å². The molecule has 0 spiro atoms. The molecule has 112 valence electrons. The van der Waals surface area contributed by atoms with Gasteiger partial charge in [-0.3, -0.25) is 10.1 Å². The predicted molar refractivity (Wildman–Crippen MR) is 101 cm³/mol. The first-order valence-electron chi connectivity index (χ1n) is 6.58. The molecule has 0 bridgehead atoms. The van der Waals surface area contributed by atoms with Crippen LogP contribution in [0.5, 0.6) is 0 Å². The predicted octanol–water partition coefficient (Wildman–Crippen LogP) is 5.42. The smallest absolute Gasteiger partial charge is 0.258 e. The molecule has 6 heteroatoms. The lowest BCUT2D eigenvalue weighted by Crippen LogP contribution is -2.12. The summed E-state index contributed by atoms with van der Waals surface area (Å²) < 4.78 is 2.03. The Kier molecular flexibility index (Phi) is 4.38. The van der Waals surface area contributed by atoms with Crippen molar-refractivity contribution >= 4 is 66.8 Å². The van der Waals surface area contributed by atoms with E-state index >= 15 is 0 Å². The zero-order valence-electron chi connectivity index (χ0n) is 11.9. The van der Waals surface area contributed by atoms with Crippen LogP contribution in [0.4, 0.5) is 5.13 Å². The molecule has 0 aliphatic carbocycles. The molecule has 2 aromatic carbocycles. The largest absolute Gasteiger partial charge is 0.298 e. The Labute approximate surface area is 150 Å². The highest BCUT2D eigenvalue weighted by Crippen LogP contribution is 2.30. The number of nitrogens with one attached hydrogen (secondary N) is 1. The van der Waals surface area contributed by atoms with Gasteiger partial charge in [0, 0.05) is 3.57 Å². The van der Waals surface area contributed by atoms with Crippen molar-refractivity contribution < 1.29 is 4.79 Å². The second-order valence-corrected chi connectivity index (χ2v) is 7.71. The van der Waals surface area contributed by atoms with Gasteiger partial charge >= 0.3 is 0 Å². The van der Waals surface area contributed by atoms with Crippen LogP contribution >= 0.6 is 45.5 Å². The number of benzene rings is 2. The lowest BCUT2D eigenvalue weighted by Gasteiger charge is -2.04. The third-order valence-electron chi connectivity index (χ3n) is 3.22. The van der Waals surface area contributed by atoms with Crippen LogP contribution in [0, 0.1) is 17.4 Å². The van der Waals surface area contributed by atoms with E-state index in [0.29, 0.717) is 15.7 Å². The molecule has 0 saturated carbocycles. The van der Waals surface area contributed by atoms with Crippen molar-refractivity contribution in [3.05, 3.63) is 55.6 Å². The number of halogens is 2. The third kappa shape index (κ3) is 3.11. The lowest BCUT2D eigenvalue weighted by molar-refractivity contribution is 0.102. The van der Waals surface area contributed by atoms with E-state index in [9.17, 15) is 4.79 Å². The number of anilines is 1. The molecule has 3 nitrogen and oxygen atoms in total. The molecular weight excluding hydrogens is 431 g/mol. The summed E-state index contributed by atoms with van der Waals surface area (Å²) in [5.74, 6) is -0.239. The Morgan fingerprint density at radius 3 is 2.82 bits per heavy atom. The SMILES string of the molecule is Cc1cc(C)c2nc(NC(=O)c3cc(I)ccc3Cl)sc2c1. The van der Waals surface area contributed by atoms with Gasteiger partial charge in [-0.25, -0.2) is 4.98 Å². The number of hydrogen-bond acceptors (Lipinski definition) is 3. The monoisotopic (exact) mass is 442 g/mol. The van der Waals surface area contributed by atoms with E-state index in [0.717, 1.165) is 19.4 Å².